The van der Waals surface area contributed by atoms with Crippen molar-refractivity contribution in [3.63, 3.8) is 0 Å². The second-order valence-electron chi connectivity index (χ2n) is 7.40. The molecule has 0 heterocycles. The Morgan fingerprint density at radius 2 is 1.00 bits per heavy atom. The van der Waals surface area contributed by atoms with Crippen molar-refractivity contribution < 1.29 is 13.6 Å². The SMILES string of the molecule is CC(C)c1ccccc1OP(=O)(Oc1ccccc1C(C)C)c1ccccc1. The van der Waals surface area contributed by atoms with Gasteiger partial charge in [-0.25, -0.2) is 4.57 Å². The molecule has 28 heavy (non-hydrogen) atoms. The van der Waals surface area contributed by atoms with Crippen molar-refractivity contribution in [2.45, 2.75) is 39.5 Å². The minimum absolute atomic E-state index is 0.239. The van der Waals surface area contributed by atoms with Crippen LogP contribution < -0.4 is 14.4 Å². The van der Waals surface area contributed by atoms with Gasteiger partial charge in [-0.15, -0.1) is 0 Å². The lowest BCUT2D eigenvalue weighted by Gasteiger charge is -2.24. The average molecular weight is 394 g/mol. The van der Waals surface area contributed by atoms with Crippen molar-refractivity contribution >= 4 is 12.9 Å². The van der Waals surface area contributed by atoms with Crippen LogP contribution in [0.25, 0.3) is 0 Å². The van der Waals surface area contributed by atoms with Gasteiger partial charge in [0.15, 0.2) is 0 Å². The van der Waals surface area contributed by atoms with Gasteiger partial charge in [0, 0.05) is 0 Å². The molecule has 0 aromatic heterocycles. The minimum Gasteiger partial charge on any atom is -0.413 e. The van der Waals surface area contributed by atoms with E-state index in [1.165, 1.54) is 0 Å². The normalized spacial score (nSPS) is 11.6. The van der Waals surface area contributed by atoms with Crippen LogP contribution in [0.3, 0.4) is 0 Å². The van der Waals surface area contributed by atoms with Gasteiger partial charge < -0.3 is 9.05 Å². The third kappa shape index (κ3) is 4.48. The predicted octanol–water partition coefficient (Wildman–Crippen LogP) is 6.91. The molecule has 146 valence electrons. The molecule has 0 amide bonds. The number of rotatable bonds is 7. The molecule has 3 aromatic rings. The zero-order valence-electron chi connectivity index (χ0n) is 16.8. The highest BCUT2D eigenvalue weighted by Gasteiger charge is 2.33. The van der Waals surface area contributed by atoms with Crippen molar-refractivity contribution in [3.05, 3.63) is 90.0 Å². The van der Waals surface area contributed by atoms with Crippen molar-refractivity contribution in [1.82, 2.24) is 0 Å². The third-order valence-corrected chi connectivity index (χ3v) is 6.40. The van der Waals surface area contributed by atoms with E-state index in [-0.39, 0.29) is 11.8 Å². The van der Waals surface area contributed by atoms with E-state index in [9.17, 15) is 4.57 Å². The second-order valence-corrected chi connectivity index (χ2v) is 9.28. The van der Waals surface area contributed by atoms with E-state index in [0.29, 0.717) is 16.8 Å². The second kappa shape index (κ2) is 8.67. The molecule has 0 aliphatic rings. The lowest BCUT2D eigenvalue weighted by molar-refractivity contribution is 0.394. The molecule has 4 heteroatoms. The summed E-state index contributed by atoms with van der Waals surface area (Å²) in [6.07, 6.45) is 0. The molecule has 3 nitrogen and oxygen atoms in total. The fraction of sp³-hybridized carbons (Fsp3) is 0.250. The van der Waals surface area contributed by atoms with Gasteiger partial charge in [0.1, 0.15) is 11.5 Å². The summed E-state index contributed by atoms with van der Waals surface area (Å²) in [6.45, 7) is 8.35. The summed E-state index contributed by atoms with van der Waals surface area (Å²) in [5, 5.41) is 0.534. The smallest absolute Gasteiger partial charge is 0.413 e. The Morgan fingerprint density at radius 1 is 0.607 bits per heavy atom. The van der Waals surface area contributed by atoms with Crippen LogP contribution in [0.4, 0.5) is 0 Å². The van der Waals surface area contributed by atoms with Gasteiger partial charge in [-0.1, -0.05) is 82.3 Å². The van der Waals surface area contributed by atoms with E-state index < -0.39 is 7.60 Å². The Morgan fingerprint density at radius 3 is 1.43 bits per heavy atom. The Labute approximate surface area is 167 Å². The summed E-state index contributed by atoms with van der Waals surface area (Å²) < 4.78 is 26.4. The summed E-state index contributed by atoms with van der Waals surface area (Å²) in [5.41, 5.74) is 2.00. The molecule has 0 aliphatic carbocycles. The standard InChI is InChI=1S/C24H27O3P/c1-18(2)21-14-8-10-16-23(21)26-28(25,20-12-6-5-7-13-20)27-24-17-11-9-15-22(24)19(3)4/h5-19H,1-4H3. The molecular formula is C24H27O3P. The molecule has 0 saturated heterocycles. The van der Waals surface area contributed by atoms with E-state index in [1.807, 2.05) is 66.7 Å². The van der Waals surface area contributed by atoms with Gasteiger partial charge in [0.05, 0.1) is 5.30 Å². The Hall–Kier alpha value is -2.51. The maximum Gasteiger partial charge on any atom is 0.462 e. The lowest BCUT2D eigenvalue weighted by Crippen LogP contribution is -2.16. The molecule has 0 saturated carbocycles. The molecule has 0 atom stereocenters. The van der Waals surface area contributed by atoms with Crippen LogP contribution in [0, 0.1) is 0 Å². The number of benzene rings is 3. The summed E-state index contributed by atoms with van der Waals surface area (Å²) in [4.78, 5) is 0. The predicted molar refractivity (Wildman–Crippen MR) is 116 cm³/mol. The molecule has 0 unspecified atom stereocenters. The first kappa shape index (κ1) is 20.2. The molecule has 0 radical (unpaired) electrons. The molecule has 0 aliphatic heterocycles. The Bertz CT molecular complexity index is 907. The van der Waals surface area contributed by atoms with Gasteiger partial charge in [0.25, 0.3) is 0 Å². The number of hydrogen-bond acceptors (Lipinski definition) is 3. The van der Waals surface area contributed by atoms with Crippen LogP contribution >= 0.6 is 7.60 Å². The summed E-state index contributed by atoms with van der Waals surface area (Å²) in [6, 6.07) is 24.5. The average Bonchev–Trinajstić information content (AvgIpc) is 2.69. The van der Waals surface area contributed by atoms with Crippen molar-refractivity contribution in [3.8, 4) is 11.5 Å². The maximum absolute atomic E-state index is 14.1. The van der Waals surface area contributed by atoms with E-state index in [4.69, 9.17) is 9.05 Å². The molecule has 3 rings (SSSR count). The van der Waals surface area contributed by atoms with E-state index >= 15 is 0 Å². The molecule has 0 fully saturated rings. The van der Waals surface area contributed by atoms with Crippen LogP contribution in [0.1, 0.15) is 50.7 Å². The summed E-state index contributed by atoms with van der Waals surface area (Å²) >= 11 is 0. The monoisotopic (exact) mass is 394 g/mol. The largest absolute Gasteiger partial charge is 0.462 e. The van der Waals surface area contributed by atoms with E-state index in [2.05, 4.69) is 27.7 Å². The summed E-state index contributed by atoms with van der Waals surface area (Å²) in [5.74, 6) is 1.66. The highest BCUT2D eigenvalue weighted by Crippen LogP contribution is 2.50. The lowest BCUT2D eigenvalue weighted by atomic mass is 10.0. The van der Waals surface area contributed by atoms with Crippen LogP contribution in [0.2, 0.25) is 0 Å². The van der Waals surface area contributed by atoms with Gasteiger partial charge in [-0.2, -0.15) is 0 Å². The van der Waals surface area contributed by atoms with Crippen LogP contribution in [-0.2, 0) is 4.57 Å². The highest BCUT2D eigenvalue weighted by molar-refractivity contribution is 7.63. The summed E-state index contributed by atoms with van der Waals surface area (Å²) in [7, 11) is -3.65. The quantitative estimate of drug-likeness (QED) is 0.409. The third-order valence-electron chi connectivity index (χ3n) is 4.59. The van der Waals surface area contributed by atoms with Crippen LogP contribution in [-0.4, -0.2) is 0 Å². The van der Waals surface area contributed by atoms with Crippen molar-refractivity contribution in [1.29, 1.82) is 0 Å². The number of para-hydroxylation sites is 2. The zero-order chi connectivity index (χ0) is 20.1. The Kier molecular flexibility index (Phi) is 6.26. The zero-order valence-corrected chi connectivity index (χ0v) is 17.7. The maximum atomic E-state index is 14.1. The van der Waals surface area contributed by atoms with Crippen LogP contribution in [0.5, 0.6) is 11.5 Å². The highest BCUT2D eigenvalue weighted by atomic mass is 31.2. The first-order chi connectivity index (χ1) is 13.4. The van der Waals surface area contributed by atoms with Gasteiger partial charge in [0.2, 0.25) is 0 Å². The topological polar surface area (TPSA) is 35.5 Å². The van der Waals surface area contributed by atoms with Crippen molar-refractivity contribution in [2.75, 3.05) is 0 Å². The number of hydrogen-bond donors (Lipinski definition) is 0. The van der Waals surface area contributed by atoms with E-state index in [0.717, 1.165) is 11.1 Å². The molecular weight excluding hydrogens is 367 g/mol. The van der Waals surface area contributed by atoms with Gasteiger partial charge in [-0.05, 0) is 47.2 Å². The van der Waals surface area contributed by atoms with Gasteiger partial charge >= 0.3 is 7.60 Å². The van der Waals surface area contributed by atoms with Crippen molar-refractivity contribution in [2.24, 2.45) is 0 Å². The minimum atomic E-state index is -3.65. The van der Waals surface area contributed by atoms with Crippen LogP contribution in [0.15, 0.2) is 78.9 Å². The molecule has 3 aromatic carbocycles. The van der Waals surface area contributed by atoms with Gasteiger partial charge in [-0.3, -0.25) is 0 Å². The first-order valence-electron chi connectivity index (χ1n) is 9.63. The first-order valence-corrected chi connectivity index (χ1v) is 11.2. The molecule has 0 bridgehead atoms. The fourth-order valence-electron chi connectivity index (χ4n) is 3.07. The molecule has 0 N–H and O–H groups in total. The Balaban J connectivity index is 2.07. The molecule has 0 spiro atoms. The fourth-order valence-corrected chi connectivity index (χ4v) is 4.71. The van der Waals surface area contributed by atoms with E-state index in [1.54, 1.807) is 12.1 Å².